The number of likely N-dealkylation sites (tertiary alicyclic amines) is 1. The molecule has 0 amide bonds. The number of fused-ring (bicyclic) bond motifs is 1. The van der Waals surface area contributed by atoms with Crippen molar-refractivity contribution >= 4 is 17.2 Å². The average Bonchev–Trinajstić information content (AvgIpc) is 3.03. The molecule has 1 fully saturated rings. The number of hydrogen-bond acceptors (Lipinski definition) is 5. The molecule has 0 aromatic carbocycles. The van der Waals surface area contributed by atoms with E-state index in [0.29, 0.717) is 18.7 Å². The van der Waals surface area contributed by atoms with E-state index in [-0.39, 0.29) is 17.9 Å². The van der Waals surface area contributed by atoms with Crippen LogP contribution in [0.2, 0.25) is 0 Å². The number of nitrogens with two attached hydrogens (primary N) is 1. The minimum atomic E-state index is -0.0769. The number of nitrogens with zero attached hydrogens (tertiary/aromatic N) is 4. The van der Waals surface area contributed by atoms with Crippen LogP contribution in [-0.4, -0.2) is 32.1 Å². The molecule has 128 valence electrons. The first-order valence-electron chi connectivity index (χ1n) is 8.43. The summed E-state index contributed by atoms with van der Waals surface area (Å²) >= 11 is 0. The highest BCUT2D eigenvalue weighted by molar-refractivity contribution is 5.81. The Morgan fingerprint density at radius 1 is 1.16 bits per heavy atom. The van der Waals surface area contributed by atoms with Crippen molar-refractivity contribution in [1.82, 2.24) is 19.3 Å². The first-order chi connectivity index (χ1) is 12.0. The van der Waals surface area contributed by atoms with E-state index in [1.807, 2.05) is 54.9 Å². The summed E-state index contributed by atoms with van der Waals surface area (Å²) < 4.78 is 1.86. The molecular formula is C19H21N5O. The van der Waals surface area contributed by atoms with Gasteiger partial charge in [0.2, 0.25) is 0 Å². The molecule has 0 aliphatic carbocycles. The summed E-state index contributed by atoms with van der Waals surface area (Å²) in [4.78, 5) is 23.9. The normalized spacial score (nSPS) is 21.8. The van der Waals surface area contributed by atoms with Gasteiger partial charge in [-0.05, 0) is 37.7 Å². The summed E-state index contributed by atoms with van der Waals surface area (Å²) in [6.07, 6.45) is 4.67. The second-order valence-corrected chi connectivity index (χ2v) is 6.69. The van der Waals surface area contributed by atoms with Crippen LogP contribution in [-0.2, 0) is 4.79 Å². The van der Waals surface area contributed by atoms with Gasteiger partial charge in [-0.2, -0.15) is 0 Å². The molecular weight excluding hydrogens is 314 g/mol. The topological polar surface area (TPSA) is 76.5 Å². The van der Waals surface area contributed by atoms with E-state index in [1.54, 1.807) is 6.20 Å². The molecule has 6 nitrogen and oxygen atoms in total. The van der Waals surface area contributed by atoms with Crippen molar-refractivity contribution in [3.05, 3.63) is 59.7 Å². The van der Waals surface area contributed by atoms with Crippen LogP contribution in [0, 0.1) is 6.92 Å². The summed E-state index contributed by atoms with van der Waals surface area (Å²) in [5.41, 5.74) is 9.77. The van der Waals surface area contributed by atoms with Crippen molar-refractivity contribution < 1.29 is 4.79 Å². The van der Waals surface area contributed by atoms with Crippen molar-refractivity contribution in [2.45, 2.75) is 31.8 Å². The van der Waals surface area contributed by atoms with Crippen LogP contribution in [0.15, 0.2) is 42.7 Å². The van der Waals surface area contributed by atoms with Gasteiger partial charge < -0.3 is 5.73 Å². The van der Waals surface area contributed by atoms with Gasteiger partial charge in [0.15, 0.2) is 0 Å². The van der Waals surface area contributed by atoms with E-state index in [9.17, 15) is 4.79 Å². The highest BCUT2D eigenvalue weighted by Gasteiger charge is 2.36. The largest absolute Gasteiger partial charge is 0.385 e. The predicted molar refractivity (Wildman–Crippen MR) is 96.1 cm³/mol. The smallest absolute Gasteiger partial charge is 0.138 e. The molecule has 3 aromatic heterocycles. The molecule has 2 atom stereocenters. The molecule has 0 bridgehead atoms. The van der Waals surface area contributed by atoms with Crippen molar-refractivity contribution in [1.29, 1.82) is 0 Å². The number of carbonyl (C=O) groups is 1. The fourth-order valence-corrected chi connectivity index (χ4v) is 3.68. The highest BCUT2D eigenvalue weighted by atomic mass is 16.1. The monoisotopic (exact) mass is 335 g/mol. The van der Waals surface area contributed by atoms with Crippen LogP contribution >= 0.6 is 0 Å². The van der Waals surface area contributed by atoms with Crippen LogP contribution in [0.3, 0.4) is 0 Å². The number of rotatable bonds is 2. The molecule has 1 aliphatic rings. The third-order valence-corrected chi connectivity index (χ3v) is 5.07. The van der Waals surface area contributed by atoms with Crippen LogP contribution < -0.4 is 5.73 Å². The number of carbonyl (C=O) groups excluding carboxylic acids is 1. The Morgan fingerprint density at radius 3 is 2.72 bits per heavy atom. The molecule has 25 heavy (non-hydrogen) atoms. The van der Waals surface area contributed by atoms with Crippen molar-refractivity contribution in [3.63, 3.8) is 0 Å². The van der Waals surface area contributed by atoms with Crippen molar-refractivity contribution in [2.75, 3.05) is 12.8 Å². The lowest BCUT2D eigenvalue weighted by molar-refractivity contribution is -0.125. The Hall–Kier alpha value is -2.73. The number of ketones is 1. The number of piperidine rings is 1. The van der Waals surface area contributed by atoms with E-state index in [4.69, 9.17) is 10.7 Å². The minimum absolute atomic E-state index is 0.0328. The number of pyridine rings is 2. The molecule has 3 aromatic rings. The maximum Gasteiger partial charge on any atom is 0.138 e. The fraction of sp³-hybridized carbons (Fsp3) is 0.316. The Labute approximate surface area is 146 Å². The van der Waals surface area contributed by atoms with Gasteiger partial charge in [0.25, 0.3) is 0 Å². The summed E-state index contributed by atoms with van der Waals surface area (Å²) in [7, 11) is 2.04. The molecule has 4 heterocycles. The van der Waals surface area contributed by atoms with Crippen molar-refractivity contribution in [2.24, 2.45) is 0 Å². The van der Waals surface area contributed by atoms with Gasteiger partial charge in [-0.25, -0.2) is 4.98 Å². The number of aryl methyl sites for hydroxylation is 1. The minimum Gasteiger partial charge on any atom is -0.385 e. The van der Waals surface area contributed by atoms with Gasteiger partial charge in [0.05, 0.1) is 23.5 Å². The lowest BCUT2D eigenvalue weighted by atomic mass is 9.90. The number of hydrogen-bond donors (Lipinski definition) is 1. The number of Topliss-reactive ketones (excluding diaryl/α,β-unsaturated/α-hetero) is 1. The Balaban J connectivity index is 1.74. The highest BCUT2D eigenvalue weighted by Crippen LogP contribution is 2.38. The predicted octanol–water partition coefficient (Wildman–Crippen LogP) is 2.70. The maximum atomic E-state index is 12.5. The first kappa shape index (κ1) is 15.8. The lowest BCUT2D eigenvalue weighted by Crippen LogP contribution is -2.37. The second-order valence-electron chi connectivity index (χ2n) is 6.69. The van der Waals surface area contributed by atoms with Gasteiger partial charge >= 0.3 is 0 Å². The Bertz CT molecular complexity index is 948. The molecule has 2 unspecified atom stereocenters. The summed E-state index contributed by atoms with van der Waals surface area (Å²) in [5, 5.41) is 0. The SMILES string of the molecule is Cc1cccnc1C1CC(=O)CC(c2cn3c(N)cccc3n2)N1C. The molecule has 0 spiro atoms. The van der Waals surface area contributed by atoms with Crippen LogP contribution in [0.4, 0.5) is 5.82 Å². The zero-order valence-electron chi connectivity index (χ0n) is 14.4. The standard InChI is InChI=1S/C19H21N5O/c1-12-5-4-8-21-19(12)16-10-13(25)9-15(23(16)2)14-11-24-17(20)6-3-7-18(24)22-14/h3-8,11,15-16H,9-10,20H2,1-2H3. The average molecular weight is 335 g/mol. The van der Waals surface area contributed by atoms with Gasteiger partial charge in [0, 0.05) is 25.2 Å². The lowest BCUT2D eigenvalue weighted by Gasteiger charge is -2.38. The summed E-state index contributed by atoms with van der Waals surface area (Å²) in [6.45, 7) is 2.04. The number of anilines is 1. The van der Waals surface area contributed by atoms with Crippen molar-refractivity contribution in [3.8, 4) is 0 Å². The Kier molecular flexibility index (Phi) is 3.77. The van der Waals surface area contributed by atoms with Crippen LogP contribution in [0.1, 0.15) is 41.9 Å². The van der Waals surface area contributed by atoms with Gasteiger partial charge in [-0.3, -0.25) is 19.1 Å². The van der Waals surface area contributed by atoms with E-state index in [1.165, 1.54) is 0 Å². The number of aromatic nitrogens is 3. The van der Waals surface area contributed by atoms with E-state index >= 15 is 0 Å². The van der Waals surface area contributed by atoms with Gasteiger partial charge in [-0.15, -0.1) is 0 Å². The molecule has 0 radical (unpaired) electrons. The molecule has 1 saturated heterocycles. The van der Waals surface area contributed by atoms with Crippen LogP contribution in [0.5, 0.6) is 0 Å². The fourth-order valence-electron chi connectivity index (χ4n) is 3.68. The van der Waals surface area contributed by atoms with Gasteiger partial charge in [-0.1, -0.05) is 12.1 Å². The van der Waals surface area contributed by atoms with E-state index in [0.717, 1.165) is 22.6 Å². The second kappa shape index (κ2) is 5.97. The van der Waals surface area contributed by atoms with E-state index in [2.05, 4.69) is 9.88 Å². The molecule has 4 rings (SSSR count). The molecule has 1 aliphatic heterocycles. The molecule has 6 heteroatoms. The number of nitrogen functional groups attached to an aromatic ring is 1. The third-order valence-electron chi connectivity index (χ3n) is 5.07. The summed E-state index contributed by atoms with van der Waals surface area (Å²) in [6, 6.07) is 9.50. The zero-order valence-corrected chi connectivity index (χ0v) is 14.4. The molecule has 0 saturated carbocycles. The Morgan fingerprint density at radius 2 is 1.96 bits per heavy atom. The number of imidazole rings is 1. The molecule has 2 N–H and O–H groups in total. The van der Waals surface area contributed by atoms with E-state index < -0.39 is 0 Å². The quantitative estimate of drug-likeness (QED) is 0.779. The third kappa shape index (κ3) is 2.68. The first-order valence-corrected chi connectivity index (χ1v) is 8.43. The van der Waals surface area contributed by atoms with Crippen LogP contribution in [0.25, 0.3) is 5.65 Å². The summed E-state index contributed by atoms with van der Waals surface area (Å²) in [5.74, 6) is 0.876. The maximum absolute atomic E-state index is 12.5. The zero-order chi connectivity index (χ0) is 17.6. The van der Waals surface area contributed by atoms with Gasteiger partial charge in [0.1, 0.15) is 17.2 Å².